The molecule has 16 heteroatoms. The maximum Gasteiger partial charge on any atom is 0.302 e. The van der Waals surface area contributed by atoms with Gasteiger partial charge in [0, 0.05) is 99.2 Å². The highest BCUT2D eigenvalue weighted by Gasteiger charge is 2.30. The quantitative estimate of drug-likeness (QED) is 0.171. The van der Waals surface area contributed by atoms with E-state index in [0.717, 1.165) is 78.1 Å². The fourth-order valence-electron chi connectivity index (χ4n) is 19.4. The average Bonchev–Trinajstić information content (AvgIpc) is 1.57. The summed E-state index contributed by atoms with van der Waals surface area (Å²) in [5.74, 6) is 0. The first kappa shape index (κ1) is 75.6. The van der Waals surface area contributed by atoms with Crippen LogP contribution in [0.1, 0.15) is 74.9 Å². The Balaban J connectivity index is 0.0000000930. The number of hydrogen-bond donors (Lipinski definition) is 0. The molecule has 128 heavy (non-hydrogen) atoms. The summed E-state index contributed by atoms with van der Waals surface area (Å²) >= 11 is 5.57. The van der Waals surface area contributed by atoms with Crippen molar-refractivity contribution < 1.29 is 18.9 Å². The molecule has 16 aromatic carbocycles. The summed E-state index contributed by atoms with van der Waals surface area (Å²) in [4.78, 5) is 18.6. The number of benzene rings is 16. The van der Waals surface area contributed by atoms with Crippen LogP contribution < -0.4 is 18.9 Å². The average molecular weight is 1710 g/mol. The molecule has 0 amide bonds. The second-order valence-corrected chi connectivity index (χ2v) is 38.8. The maximum atomic E-state index is 6.13. The first-order valence-corrected chi connectivity index (χ1v) is 45.9. The van der Waals surface area contributed by atoms with Gasteiger partial charge in [-0.25, -0.2) is 0 Å². The zero-order valence-electron chi connectivity index (χ0n) is 71.0. The predicted molar refractivity (Wildman–Crippen MR) is 528 cm³/mol. The Labute approximate surface area is 748 Å². The number of rotatable bonds is 4. The lowest BCUT2D eigenvalue weighted by Gasteiger charge is -2.21. The minimum Gasteiger partial charge on any atom is -0.459 e. The third-order valence-electron chi connectivity index (χ3n) is 25.7. The molecule has 0 unspecified atom stereocenters. The molecule has 4 aliphatic rings. The number of hydrogen-bond acceptors (Lipinski definition) is 11. The van der Waals surface area contributed by atoms with Crippen molar-refractivity contribution in [2.45, 2.75) is 78.8 Å². The highest BCUT2D eigenvalue weighted by Crippen LogP contribution is 2.48. The summed E-state index contributed by atoms with van der Waals surface area (Å²) in [5.41, 5.74) is 31.3. The van der Waals surface area contributed by atoms with E-state index in [1.54, 1.807) is 0 Å². The van der Waals surface area contributed by atoms with Crippen molar-refractivity contribution in [3.63, 3.8) is 0 Å². The molecule has 0 radical (unpaired) electrons. The lowest BCUT2D eigenvalue weighted by molar-refractivity contribution is 0.265. The topological polar surface area (TPSA) is 113 Å². The number of ether oxygens (including phenoxy) is 4. The summed E-state index contributed by atoms with van der Waals surface area (Å²) in [7, 11) is 0. The van der Waals surface area contributed by atoms with Crippen molar-refractivity contribution in [2.75, 3.05) is 0 Å². The van der Waals surface area contributed by atoms with E-state index in [2.05, 4.69) is 346 Å². The second kappa shape index (κ2) is 29.3. The lowest BCUT2D eigenvalue weighted by atomic mass is 9.85. The number of aromatic nitrogens is 9. The fraction of sp³-hybridized carbons (Fsp3) is 0.107. The van der Waals surface area contributed by atoms with E-state index in [-0.39, 0.29) is 10.8 Å². The van der Waals surface area contributed by atoms with Crippen molar-refractivity contribution in [3.8, 4) is 85.9 Å². The van der Waals surface area contributed by atoms with E-state index in [1.807, 2.05) is 101 Å². The number of fused-ring (bicyclic) bond motifs is 32. The Morgan fingerprint density at radius 3 is 1.12 bits per heavy atom. The van der Waals surface area contributed by atoms with Gasteiger partial charge in [0.15, 0.2) is 0 Å². The molecular weight excluding hydrogens is 1630 g/mol. The molecule has 24 aromatic rings. The van der Waals surface area contributed by atoms with Crippen LogP contribution in [0.4, 0.5) is 0 Å². The highest BCUT2D eigenvalue weighted by atomic mass is 32.1. The van der Waals surface area contributed by atoms with Gasteiger partial charge in [-0.2, -0.15) is 19.9 Å². The van der Waals surface area contributed by atoms with Crippen molar-refractivity contribution in [1.29, 1.82) is 0 Å². The predicted octanol–water partition coefficient (Wildman–Crippen LogP) is 29.5. The molecule has 0 aliphatic carbocycles. The van der Waals surface area contributed by atoms with Crippen molar-refractivity contribution in [1.82, 2.24) is 42.8 Å². The molecule has 616 valence electrons. The molecule has 0 saturated heterocycles. The number of nitrogens with zero attached hydrogens (tertiary/aromatic N) is 9. The van der Waals surface area contributed by atoms with E-state index in [0.29, 0.717) is 50.5 Å². The minimum atomic E-state index is 0.0820. The second-order valence-electron chi connectivity index (χ2n) is 35.5. The van der Waals surface area contributed by atoms with Gasteiger partial charge in [0.05, 0.1) is 77.9 Å². The van der Waals surface area contributed by atoms with E-state index in [1.165, 1.54) is 144 Å². The highest BCUT2D eigenvalue weighted by molar-refractivity contribution is 7.27. The summed E-state index contributed by atoms with van der Waals surface area (Å²) < 4.78 is 43.1. The van der Waals surface area contributed by atoms with Gasteiger partial charge in [-0.15, -0.1) is 34.0 Å². The van der Waals surface area contributed by atoms with Crippen LogP contribution in [0.15, 0.2) is 334 Å². The van der Waals surface area contributed by atoms with E-state index < -0.39 is 0 Å². The van der Waals surface area contributed by atoms with Gasteiger partial charge in [-0.3, -0.25) is 18.3 Å². The molecule has 12 heterocycles. The summed E-state index contributed by atoms with van der Waals surface area (Å²) in [5, 5.41) is 10.6. The summed E-state index contributed by atoms with van der Waals surface area (Å²) in [6.07, 6.45) is 0. The van der Waals surface area contributed by atoms with Gasteiger partial charge < -0.3 is 23.5 Å². The van der Waals surface area contributed by atoms with Gasteiger partial charge in [-0.05, 0) is 219 Å². The van der Waals surface area contributed by atoms with Gasteiger partial charge in [0.25, 0.3) is 0 Å². The molecule has 0 atom stereocenters. The fourth-order valence-corrected chi connectivity index (χ4v) is 22.8. The largest absolute Gasteiger partial charge is 0.459 e. The molecule has 28 rings (SSSR count). The zero-order chi connectivity index (χ0) is 85.4. The Hall–Kier alpha value is -14.9. The number of imidazole rings is 4. The van der Waals surface area contributed by atoms with Crippen LogP contribution in [0.25, 0.3) is 188 Å². The Kier molecular flexibility index (Phi) is 17.3. The summed E-state index contributed by atoms with van der Waals surface area (Å²) in [6.45, 7) is 15.8. The first-order chi connectivity index (χ1) is 62.7. The van der Waals surface area contributed by atoms with Crippen LogP contribution in [0.2, 0.25) is 0 Å². The third kappa shape index (κ3) is 12.4. The summed E-state index contributed by atoms with van der Waals surface area (Å²) in [6, 6.07) is 122. The van der Waals surface area contributed by atoms with Crippen molar-refractivity contribution in [3.05, 3.63) is 367 Å². The van der Waals surface area contributed by atoms with E-state index in [9.17, 15) is 0 Å². The monoisotopic (exact) mass is 1710 g/mol. The van der Waals surface area contributed by atoms with Crippen molar-refractivity contribution in [2.24, 2.45) is 0 Å². The molecule has 8 aromatic heterocycles. The molecule has 0 N–H and O–H groups in total. The lowest BCUT2D eigenvalue weighted by Crippen LogP contribution is -2.13. The minimum absolute atomic E-state index is 0.0820. The molecule has 0 fully saturated rings. The molecule has 0 spiro atoms. The number of para-hydroxylation sites is 8. The molecule has 0 saturated carbocycles. The van der Waals surface area contributed by atoms with Gasteiger partial charge >= 0.3 is 24.0 Å². The Morgan fingerprint density at radius 1 is 0.250 bits per heavy atom. The normalized spacial score (nSPS) is 13.0. The van der Waals surface area contributed by atoms with Crippen LogP contribution in [0.3, 0.4) is 0 Å². The Bertz CT molecular complexity index is 8640. The third-order valence-corrected chi connectivity index (χ3v) is 29.2. The van der Waals surface area contributed by atoms with Gasteiger partial charge in [-0.1, -0.05) is 211 Å². The van der Waals surface area contributed by atoms with Crippen LogP contribution >= 0.6 is 34.0 Å². The molecule has 4 aliphatic heterocycles. The van der Waals surface area contributed by atoms with Crippen molar-refractivity contribution >= 4 is 160 Å². The molecule has 0 bridgehead atoms. The van der Waals surface area contributed by atoms with Crippen LogP contribution in [-0.2, 0) is 37.3 Å². The SMILES string of the molecule is CC(C)(C)c1ccc2c(c1)c1cc(C(C)(C)C)ccc1n2-c1ccc2c(c1)COc1nc3ccccc3n1-2.c1ccc2c(c1)nc1n2-c2ccc(-c3ccc4sc5ccccc5c4c3)cc2CO1.c1ccc2c(c1)nc1n2-c2ccc(-c3cccc4c3sc3ccccc34)cc2CO1.c1ccc2c(c1)nc1n2-c2ccc(-c3cccc4sc5ccccc5c34)cc2CO1. The van der Waals surface area contributed by atoms with E-state index >= 15 is 0 Å². The maximum absolute atomic E-state index is 6.13. The molecule has 13 nitrogen and oxygen atoms in total. The van der Waals surface area contributed by atoms with Gasteiger partial charge in [0.1, 0.15) is 26.4 Å². The zero-order valence-corrected chi connectivity index (χ0v) is 73.4. The smallest absolute Gasteiger partial charge is 0.302 e. The molecular formula is C112H81N9O4S3. The van der Waals surface area contributed by atoms with E-state index in [4.69, 9.17) is 23.9 Å². The van der Waals surface area contributed by atoms with Crippen LogP contribution in [0.5, 0.6) is 24.0 Å². The number of thiophene rings is 3. The van der Waals surface area contributed by atoms with Crippen LogP contribution in [0, 0.1) is 0 Å². The Morgan fingerprint density at radius 2 is 0.609 bits per heavy atom. The van der Waals surface area contributed by atoms with Gasteiger partial charge in [0.2, 0.25) is 0 Å². The first-order valence-electron chi connectivity index (χ1n) is 43.4. The standard InChI is InChI=1S/C34H33N3O.3C26H16N2OS/c1-33(2,3)22-11-14-29-25(18-22)26-19-23(34(4,5)6)12-15-30(26)36(29)24-13-16-28-21(17-24)20-38-32-35-27-9-7-8-10-31(27)37(28)32;1-4-11-24-19(6-1)20-8-5-7-18(25(20)30-24)16-12-13-22-17(14-16)15-29-26-27-21-9-2-3-10-23(21)28(22)26;1-4-10-23-19(6-1)25-18(7-5-11-24(25)30-23)16-12-13-21-17(14-16)15-29-26-27-20-8-2-3-9-22(20)28(21)26;1-4-8-24-19(5-1)20-14-17(10-12-25(20)30-24)16-9-11-22-18(13-16)15-29-26-27-21-6-2-3-7-23(21)28(22)26/h7-19H,20H2,1-6H3;3*1-14H,15H2. The van der Waals surface area contributed by atoms with Crippen LogP contribution in [-0.4, -0.2) is 42.8 Å².